The molecule has 8 nitrogen and oxygen atoms in total. The quantitative estimate of drug-likeness (QED) is 0.464. The Morgan fingerprint density at radius 2 is 1.64 bits per heavy atom. The van der Waals surface area contributed by atoms with Crippen LogP contribution in [0.5, 0.6) is 0 Å². The third-order valence-electron chi connectivity index (χ3n) is 5.68. The summed E-state index contributed by atoms with van der Waals surface area (Å²) in [6, 6.07) is 16.5. The van der Waals surface area contributed by atoms with Gasteiger partial charge in [0.2, 0.25) is 0 Å². The number of amides is 2. The van der Waals surface area contributed by atoms with Gasteiger partial charge in [-0.2, -0.15) is 5.10 Å². The highest BCUT2D eigenvalue weighted by atomic mass is 16.5. The maximum atomic E-state index is 12.8. The van der Waals surface area contributed by atoms with E-state index in [1.54, 1.807) is 47.7 Å². The van der Waals surface area contributed by atoms with E-state index in [2.05, 4.69) is 10.4 Å². The van der Waals surface area contributed by atoms with Crippen molar-refractivity contribution >= 4 is 17.6 Å². The number of ether oxygens (including phenoxy) is 1. The number of benzene rings is 2. The number of rotatable bonds is 6. The van der Waals surface area contributed by atoms with Gasteiger partial charge < -0.3 is 15.0 Å². The zero-order valence-corrected chi connectivity index (χ0v) is 18.7. The van der Waals surface area contributed by atoms with Crippen molar-refractivity contribution in [2.45, 2.75) is 20.4 Å². The Balaban J connectivity index is 1.39. The van der Waals surface area contributed by atoms with E-state index in [1.807, 2.05) is 30.3 Å². The molecule has 0 aliphatic carbocycles. The second kappa shape index (κ2) is 9.79. The predicted octanol–water partition coefficient (Wildman–Crippen LogP) is 2.46. The smallest absolute Gasteiger partial charge is 0.292 e. The highest BCUT2D eigenvalue weighted by Crippen LogP contribution is 2.18. The van der Waals surface area contributed by atoms with Crippen molar-refractivity contribution in [3.8, 4) is 5.69 Å². The molecule has 0 bridgehead atoms. The molecule has 2 amide bonds. The van der Waals surface area contributed by atoms with Crippen LogP contribution >= 0.6 is 0 Å². The van der Waals surface area contributed by atoms with Crippen LogP contribution in [-0.2, 0) is 16.1 Å². The van der Waals surface area contributed by atoms with E-state index < -0.39 is 11.7 Å². The molecule has 1 aromatic heterocycles. The first-order chi connectivity index (χ1) is 16.0. The van der Waals surface area contributed by atoms with Gasteiger partial charge in [0.1, 0.15) is 0 Å². The lowest BCUT2D eigenvalue weighted by Crippen LogP contribution is -2.40. The number of carbonyl (C=O) groups is 3. The number of Topliss-reactive ketones (excluding diaryl/α,β-unsaturated/α-hetero) is 1. The zero-order chi connectivity index (χ0) is 23.4. The molecule has 0 unspecified atom stereocenters. The van der Waals surface area contributed by atoms with Gasteiger partial charge in [0, 0.05) is 25.2 Å². The van der Waals surface area contributed by atoms with E-state index >= 15 is 0 Å². The van der Waals surface area contributed by atoms with Crippen LogP contribution in [0.25, 0.3) is 5.69 Å². The Labute approximate surface area is 192 Å². The Hall–Kier alpha value is -3.78. The van der Waals surface area contributed by atoms with Gasteiger partial charge in [-0.15, -0.1) is 0 Å². The fourth-order valence-electron chi connectivity index (χ4n) is 3.88. The number of morpholine rings is 1. The highest BCUT2D eigenvalue weighted by Gasteiger charge is 2.25. The fraction of sp³-hybridized carbons (Fsp3) is 0.280. The Kier molecular flexibility index (Phi) is 6.65. The monoisotopic (exact) mass is 446 g/mol. The van der Waals surface area contributed by atoms with Gasteiger partial charge in [0.05, 0.1) is 35.9 Å². The van der Waals surface area contributed by atoms with E-state index in [0.29, 0.717) is 48.8 Å². The Morgan fingerprint density at radius 3 is 2.30 bits per heavy atom. The first-order valence-corrected chi connectivity index (χ1v) is 10.9. The van der Waals surface area contributed by atoms with Crippen LogP contribution < -0.4 is 5.32 Å². The van der Waals surface area contributed by atoms with Crippen LogP contribution in [0.2, 0.25) is 0 Å². The molecule has 0 spiro atoms. The molecule has 0 saturated carbocycles. The summed E-state index contributed by atoms with van der Waals surface area (Å²) >= 11 is 0. The van der Waals surface area contributed by atoms with Crippen molar-refractivity contribution < 1.29 is 19.1 Å². The van der Waals surface area contributed by atoms with Crippen LogP contribution in [0.3, 0.4) is 0 Å². The first kappa shape index (κ1) is 22.4. The summed E-state index contributed by atoms with van der Waals surface area (Å²) in [7, 11) is 0. The number of carbonyl (C=O) groups excluding carboxylic acids is 3. The topological polar surface area (TPSA) is 93.5 Å². The largest absolute Gasteiger partial charge is 0.378 e. The summed E-state index contributed by atoms with van der Waals surface area (Å²) < 4.78 is 6.95. The molecule has 8 heteroatoms. The second-order valence-corrected chi connectivity index (χ2v) is 7.91. The average molecular weight is 447 g/mol. The Morgan fingerprint density at radius 1 is 0.970 bits per heavy atom. The minimum Gasteiger partial charge on any atom is -0.378 e. The van der Waals surface area contributed by atoms with E-state index in [0.717, 1.165) is 11.3 Å². The molecule has 2 aromatic carbocycles. The van der Waals surface area contributed by atoms with Crippen LogP contribution in [0.1, 0.15) is 37.7 Å². The number of ketones is 1. The van der Waals surface area contributed by atoms with Gasteiger partial charge in [0.15, 0.2) is 0 Å². The van der Waals surface area contributed by atoms with Crippen LogP contribution in [0.4, 0.5) is 0 Å². The third kappa shape index (κ3) is 4.85. The van der Waals surface area contributed by atoms with Gasteiger partial charge in [-0.1, -0.05) is 30.3 Å². The molecular formula is C25H26N4O4. The second-order valence-electron chi connectivity index (χ2n) is 7.91. The predicted molar refractivity (Wildman–Crippen MR) is 122 cm³/mol. The maximum Gasteiger partial charge on any atom is 0.292 e. The molecule has 2 heterocycles. The van der Waals surface area contributed by atoms with E-state index in [9.17, 15) is 14.4 Å². The van der Waals surface area contributed by atoms with Gasteiger partial charge in [-0.05, 0) is 43.7 Å². The molecular weight excluding hydrogens is 420 g/mol. The summed E-state index contributed by atoms with van der Waals surface area (Å²) in [4.78, 5) is 39.7. The molecule has 1 saturated heterocycles. The number of aryl methyl sites for hydroxylation is 1. The number of para-hydroxylation sites is 1. The standard InChI is InChI=1S/C25H26N4O4/c1-17-22(18(2)29(27-17)21-6-4-3-5-7-21)23(30)24(31)26-16-19-8-10-20(11-9-19)25(32)28-12-14-33-15-13-28/h3-11H,12-16H2,1-2H3,(H,26,31). The van der Waals surface area contributed by atoms with Gasteiger partial charge >= 0.3 is 0 Å². The summed E-state index contributed by atoms with van der Waals surface area (Å²) in [5, 5.41) is 7.11. The lowest BCUT2D eigenvalue weighted by molar-refractivity contribution is -0.117. The van der Waals surface area contributed by atoms with Crippen molar-refractivity contribution in [1.29, 1.82) is 0 Å². The summed E-state index contributed by atoms with van der Waals surface area (Å²) in [6.45, 7) is 5.94. The van der Waals surface area contributed by atoms with E-state index in [4.69, 9.17) is 4.74 Å². The first-order valence-electron chi connectivity index (χ1n) is 10.9. The zero-order valence-electron chi connectivity index (χ0n) is 18.7. The normalized spacial score (nSPS) is 13.6. The molecule has 0 radical (unpaired) electrons. The molecule has 1 N–H and O–H groups in total. The molecule has 1 fully saturated rings. The fourth-order valence-corrected chi connectivity index (χ4v) is 3.88. The minimum absolute atomic E-state index is 0.0366. The van der Waals surface area contributed by atoms with Crippen molar-refractivity contribution in [1.82, 2.24) is 20.0 Å². The Bertz CT molecular complexity index is 1160. The SMILES string of the molecule is Cc1nn(-c2ccccc2)c(C)c1C(=O)C(=O)NCc1ccc(C(=O)N2CCOCC2)cc1. The van der Waals surface area contributed by atoms with Gasteiger partial charge in [-0.25, -0.2) is 4.68 Å². The molecule has 3 aromatic rings. The number of nitrogens with one attached hydrogen (secondary N) is 1. The van der Waals surface area contributed by atoms with E-state index in [1.165, 1.54) is 0 Å². The number of aromatic nitrogens is 2. The molecule has 1 aliphatic rings. The maximum absolute atomic E-state index is 12.8. The highest BCUT2D eigenvalue weighted by molar-refractivity contribution is 6.43. The lowest BCUT2D eigenvalue weighted by Gasteiger charge is -2.26. The molecule has 1 aliphatic heterocycles. The molecule has 4 rings (SSSR count). The van der Waals surface area contributed by atoms with E-state index in [-0.39, 0.29) is 12.5 Å². The summed E-state index contributed by atoms with van der Waals surface area (Å²) in [5.41, 5.74) is 3.63. The van der Waals surface area contributed by atoms with Crippen LogP contribution in [0, 0.1) is 13.8 Å². The average Bonchev–Trinajstić information content (AvgIpc) is 3.16. The number of hydrogen-bond donors (Lipinski definition) is 1. The molecule has 33 heavy (non-hydrogen) atoms. The number of hydrogen-bond acceptors (Lipinski definition) is 5. The van der Waals surface area contributed by atoms with Crippen molar-refractivity contribution in [2.24, 2.45) is 0 Å². The van der Waals surface area contributed by atoms with Crippen molar-refractivity contribution in [3.63, 3.8) is 0 Å². The van der Waals surface area contributed by atoms with Crippen LogP contribution in [-0.4, -0.2) is 58.6 Å². The third-order valence-corrected chi connectivity index (χ3v) is 5.68. The minimum atomic E-state index is -0.692. The lowest BCUT2D eigenvalue weighted by atomic mass is 10.1. The van der Waals surface area contributed by atoms with Gasteiger partial charge in [-0.3, -0.25) is 14.4 Å². The van der Waals surface area contributed by atoms with Crippen molar-refractivity contribution in [3.05, 3.63) is 82.7 Å². The van der Waals surface area contributed by atoms with Gasteiger partial charge in [0.25, 0.3) is 17.6 Å². The summed E-state index contributed by atoms with van der Waals surface area (Å²) in [6.07, 6.45) is 0. The van der Waals surface area contributed by atoms with Crippen molar-refractivity contribution in [2.75, 3.05) is 26.3 Å². The number of nitrogens with zero attached hydrogens (tertiary/aromatic N) is 3. The van der Waals surface area contributed by atoms with Crippen LogP contribution in [0.15, 0.2) is 54.6 Å². The molecule has 170 valence electrons. The summed E-state index contributed by atoms with van der Waals surface area (Å²) in [5.74, 6) is -1.35. The molecule has 0 atom stereocenters.